The van der Waals surface area contributed by atoms with Gasteiger partial charge in [0.05, 0.1) is 0 Å². The molecular weight excluding hydrogens is 264 g/mol. The third-order valence-corrected chi connectivity index (χ3v) is 6.03. The maximum Gasteiger partial charge on any atom is -0.000545 e. The van der Waals surface area contributed by atoms with E-state index in [1.165, 1.54) is 33.0 Å². The Bertz CT molecular complexity index is 881. The summed E-state index contributed by atoms with van der Waals surface area (Å²) in [6.07, 6.45) is 0. The Morgan fingerprint density at radius 2 is 1.23 bits per heavy atom. The molecule has 0 spiro atoms. The van der Waals surface area contributed by atoms with Gasteiger partial charge >= 0.3 is 0 Å². The summed E-state index contributed by atoms with van der Waals surface area (Å²) in [4.78, 5) is 0. The summed E-state index contributed by atoms with van der Waals surface area (Å²) in [5.74, 6) is 0. The predicted molar refractivity (Wildman–Crippen MR) is 95.4 cm³/mol. The van der Waals surface area contributed by atoms with Gasteiger partial charge in [0.15, 0.2) is 0 Å². The average molecular weight is 286 g/mol. The Kier molecular flexibility index (Phi) is 2.61. The van der Waals surface area contributed by atoms with E-state index in [-0.39, 0.29) is 10.8 Å². The van der Waals surface area contributed by atoms with Crippen LogP contribution in [0.15, 0.2) is 60.7 Å². The summed E-state index contributed by atoms with van der Waals surface area (Å²) in [5.41, 5.74) is 5.97. The van der Waals surface area contributed by atoms with Crippen molar-refractivity contribution < 1.29 is 0 Å². The highest BCUT2D eigenvalue weighted by Gasteiger charge is 2.45. The van der Waals surface area contributed by atoms with Gasteiger partial charge in [0.2, 0.25) is 0 Å². The van der Waals surface area contributed by atoms with E-state index in [0.717, 1.165) is 0 Å². The Morgan fingerprint density at radius 1 is 0.591 bits per heavy atom. The van der Waals surface area contributed by atoms with Crippen LogP contribution in [0.2, 0.25) is 0 Å². The van der Waals surface area contributed by atoms with Crippen LogP contribution in [0.1, 0.15) is 38.8 Å². The van der Waals surface area contributed by atoms with Crippen molar-refractivity contribution in [2.24, 2.45) is 0 Å². The molecule has 1 aliphatic carbocycles. The molecule has 0 atom stereocenters. The van der Waals surface area contributed by atoms with Crippen LogP contribution in [-0.4, -0.2) is 0 Å². The van der Waals surface area contributed by atoms with Crippen molar-refractivity contribution in [3.8, 4) is 11.1 Å². The van der Waals surface area contributed by atoms with Gasteiger partial charge in [-0.05, 0) is 43.9 Å². The lowest BCUT2D eigenvalue weighted by molar-refractivity contribution is 0.299. The Morgan fingerprint density at radius 3 is 2.05 bits per heavy atom. The maximum atomic E-state index is 2.39. The third kappa shape index (κ3) is 1.53. The molecule has 3 aromatic rings. The van der Waals surface area contributed by atoms with Crippen molar-refractivity contribution in [3.63, 3.8) is 0 Å². The van der Waals surface area contributed by atoms with Crippen LogP contribution in [0.4, 0.5) is 0 Å². The van der Waals surface area contributed by atoms with Gasteiger partial charge in [-0.15, -0.1) is 0 Å². The molecule has 0 N–H and O–H groups in total. The first-order valence-electron chi connectivity index (χ1n) is 8.07. The fourth-order valence-electron chi connectivity index (χ4n) is 4.00. The molecule has 0 saturated heterocycles. The van der Waals surface area contributed by atoms with Crippen LogP contribution in [0, 0.1) is 0 Å². The minimum atomic E-state index is 0.0979. The zero-order valence-corrected chi connectivity index (χ0v) is 13.8. The lowest BCUT2D eigenvalue weighted by atomic mass is 9.55. The Labute approximate surface area is 132 Å². The number of fused-ring (bicyclic) bond motifs is 5. The third-order valence-electron chi connectivity index (χ3n) is 6.03. The summed E-state index contributed by atoms with van der Waals surface area (Å²) in [7, 11) is 0. The van der Waals surface area contributed by atoms with Gasteiger partial charge in [-0.2, -0.15) is 0 Å². The Balaban J connectivity index is 2.22. The molecule has 0 saturated carbocycles. The minimum Gasteiger partial charge on any atom is -0.0619 e. The molecule has 0 aromatic heterocycles. The smallest absolute Gasteiger partial charge is 0.000545 e. The highest BCUT2D eigenvalue weighted by molar-refractivity contribution is 6.00. The van der Waals surface area contributed by atoms with E-state index in [1.807, 2.05) is 0 Å². The molecule has 110 valence electrons. The van der Waals surface area contributed by atoms with Crippen LogP contribution in [0.3, 0.4) is 0 Å². The fourth-order valence-corrected chi connectivity index (χ4v) is 4.00. The quantitative estimate of drug-likeness (QED) is 0.470. The average Bonchev–Trinajstić information content (AvgIpc) is 2.52. The predicted octanol–water partition coefficient (Wildman–Crippen LogP) is 6.08. The molecule has 0 unspecified atom stereocenters. The van der Waals surface area contributed by atoms with Gasteiger partial charge in [-0.1, -0.05) is 88.4 Å². The largest absolute Gasteiger partial charge is 0.0619 e. The first-order chi connectivity index (χ1) is 10.4. The first kappa shape index (κ1) is 13.6. The molecule has 3 aromatic carbocycles. The number of hydrogen-bond donors (Lipinski definition) is 0. The van der Waals surface area contributed by atoms with Gasteiger partial charge in [0.25, 0.3) is 0 Å². The molecular formula is C22H22. The van der Waals surface area contributed by atoms with E-state index >= 15 is 0 Å². The summed E-state index contributed by atoms with van der Waals surface area (Å²) < 4.78 is 0. The van der Waals surface area contributed by atoms with Gasteiger partial charge in [-0.3, -0.25) is 0 Å². The van der Waals surface area contributed by atoms with E-state index in [4.69, 9.17) is 0 Å². The van der Waals surface area contributed by atoms with E-state index in [9.17, 15) is 0 Å². The summed E-state index contributed by atoms with van der Waals surface area (Å²) in [5, 5.41) is 2.70. The molecule has 22 heavy (non-hydrogen) atoms. The summed E-state index contributed by atoms with van der Waals surface area (Å²) in [6, 6.07) is 22.3. The van der Waals surface area contributed by atoms with Crippen molar-refractivity contribution in [3.05, 3.63) is 71.8 Å². The molecule has 0 heterocycles. The molecule has 0 amide bonds. The van der Waals surface area contributed by atoms with Crippen molar-refractivity contribution in [2.75, 3.05) is 0 Å². The second-order valence-corrected chi connectivity index (χ2v) is 7.50. The van der Waals surface area contributed by atoms with Gasteiger partial charge < -0.3 is 0 Å². The highest BCUT2D eigenvalue weighted by atomic mass is 14.5. The normalized spacial score (nSPS) is 17.8. The molecule has 0 fully saturated rings. The minimum absolute atomic E-state index is 0.0979. The highest BCUT2D eigenvalue weighted by Crippen LogP contribution is 2.55. The summed E-state index contributed by atoms with van der Waals surface area (Å²) in [6.45, 7) is 9.53. The van der Waals surface area contributed by atoms with E-state index < -0.39 is 0 Å². The number of rotatable bonds is 0. The van der Waals surface area contributed by atoms with Crippen molar-refractivity contribution in [2.45, 2.75) is 38.5 Å². The lowest BCUT2D eigenvalue weighted by Gasteiger charge is -2.48. The van der Waals surface area contributed by atoms with Crippen molar-refractivity contribution in [1.29, 1.82) is 0 Å². The number of benzene rings is 3. The van der Waals surface area contributed by atoms with Crippen LogP contribution in [0.25, 0.3) is 21.9 Å². The van der Waals surface area contributed by atoms with Crippen molar-refractivity contribution >= 4 is 10.8 Å². The topological polar surface area (TPSA) is 0 Å². The van der Waals surface area contributed by atoms with Crippen molar-refractivity contribution in [1.82, 2.24) is 0 Å². The van der Waals surface area contributed by atoms with E-state index in [2.05, 4.69) is 88.4 Å². The fraction of sp³-hybridized carbons (Fsp3) is 0.273. The Hall–Kier alpha value is -2.08. The first-order valence-corrected chi connectivity index (χ1v) is 8.07. The molecule has 1 aliphatic rings. The van der Waals surface area contributed by atoms with E-state index in [1.54, 1.807) is 0 Å². The molecule has 0 heteroatoms. The second kappa shape index (κ2) is 4.23. The SMILES string of the molecule is CC1(C)c2ccccc2-c2c(ccc3ccccc23)C1(C)C. The van der Waals surface area contributed by atoms with Crippen LogP contribution in [0.5, 0.6) is 0 Å². The zero-order chi connectivity index (χ0) is 15.5. The molecule has 0 radical (unpaired) electrons. The van der Waals surface area contributed by atoms with Crippen LogP contribution < -0.4 is 0 Å². The standard InChI is InChI=1S/C22H22/c1-21(2)18-12-8-7-11-17(18)20-16-10-6-5-9-15(16)13-14-19(20)22(21,3)4/h5-14H,1-4H3. The molecule has 0 bridgehead atoms. The molecule has 0 nitrogen and oxygen atoms in total. The number of hydrogen-bond acceptors (Lipinski definition) is 0. The van der Waals surface area contributed by atoms with Gasteiger partial charge in [-0.25, -0.2) is 0 Å². The summed E-state index contributed by atoms with van der Waals surface area (Å²) >= 11 is 0. The molecule has 0 aliphatic heterocycles. The van der Waals surface area contributed by atoms with Gasteiger partial charge in [0.1, 0.15) is 0 Å². The zero-order valence-electron chi connectivity index (χ0n) is 13.8. The molecule has 4 rings (SSSR count). The monoisotopic (exact) mass is 286 g/mol. The second-order valence-electron chi connectivity index (χ2n) is 7.50. The van der Waals surface area contributed by atoms with Crippen LogP contribution >= 0.6 is 0 Å². The lowest BCUT2D eigenvalue weighted by Crippen LogP contribution is -2.43. The van der Waals surface area contributed by atoms with Gasteiger partial charge in [0, 0.05) is 0 Å². The van der Waals surface area contributed by atoms with E-state index in [0.29, 0.717) is 0 Å². The van der Waals surface area contributed by atoms with Crippen LogP contribution in [-0.2, 0) is 10.8 Å². The maximum absolute atomic E-state index is 2.39.